The monoisotopic (exact) mass is 530 g/mol. The van der Waals surface area contributed by atoms with Gasteiger partial charge in [0.2, 0.25) is 5.91 Å². The summed E-state index contributed by atoms with van der Waals surface area (Å²) in [7, 11) is 1.25. The molecule has 7 nitrogen and oxygen atoms in total. The summed E-state index contributed by atoms with van der Waals surface area (Å²) in [6.45, 7) is 0. The fourth-order valence-corrected chi connectivity index (χ4v) is 4.70. The third kappa shape index (κ3) is 4.32. The van der Waals surface area contributed by atoms with E-state index in [0.717, 1.165) is 23.1 Å². The van der Waals surface area contributed by atoms with Gasteiger partial charge in [0.05, 0.1) is 35.7 Å². The molecule has 2 saturated heterocycles. The van der Waals surface area contributed by atoms with Crippen LogP contribution in [0.3, 0.4) is 0 Å². The van der Waals surface area contributed by atoms with Crippen LogP contribution in [-0.4, -0.2) is 31.0 Å². The van der Waals surface area contributed by atoms with Crippen molar-refractivity contribution in [1.82, 2.24) is 0 Å². The van der Waals surface area contributed by atoms with Crippen LogP contribution in [0.1, 0.15) is 27.5 Å². The first-order chi connectivity index (χ1) is 17.6. The first-order valence-corrected chi connectivity index (χ1v) is 11.4. The van der Waals surface area contributed by atoms with Gasteiger partial charge in [0.15, 0.2) is 6.10 Å². The Hall–Kier alpha value is -3.89. The van der Waals surface area contributed by atoms with Crippen molar-refractivity contribution in [2.75, 3.05) is 17.1 Å². The Bertz CT molecular complexity index is 1380. The minimum atomic E-state index is -4.65. The summed E-state index contributed by atoms with van der Waals surface area (Å²) < 4.78 is 44.6. The molecule has 0 spiro atoms. The van der Waals surface area contributed by atoms with E-state index in [1.54, 1.807) is 36.4 Å². The Morgan fingerprint density at radius 1 is 0.946 bits per heavy atom. The van der Waals surface area contributed by atoms with Gasteiger partial charge in [-0.25, -0.2) is 14.8 Å². The van der Waals surface area contributed by atoms with Gasteiger partial charge in [0, 0.05) is 5.02 Å². The number of alkyl halides is 3. The SMILES string of the molecule is COC(=O)c1ccc(C2C3C(=O)N(c4cccc(C(F)(F)F)c4)C(=O)C3ON2c2ccc(Cl)cc2)cc1. The average Bonchev–Trinajstić information content (AvgIpc) is 3.39. The second-order valence-electron chi connectivity index (χ2n) is 8.47. The number of ether oxygens (including phenoxy) is 1. The number of hydrogen-bond donors (Lipinski definition) is 0. The number of rotatable bonds is 4. The second-order valence-corrected chi connectivity index (χ2v) is 8.91. The first kappa shape index (κ1) is 24.8. The van der Waals surface area contributed by atoms with Crippen LogP contribution < -0.4 is 9.96 Å². The van der Waals surface area contributed by atoms with Gasteiger partial charge in [-0.2, -0.15) is 13.2 Å². The largest absolute Gasteiger partial charge is 0.465 e. The molecule has 0 saturated carbocycles. The molecule has 5 rings (SSSR count). The predicted molar refractivity (Wildman–Crippen MR) is 127 cm³/mol. The number of anilines is 2. The molecule has 2 amide bonds. The zero-order valence-corrected chi connectivity index (χ0v) is 19.9. The molecule has 3 aromatic rings. The van der Waals surface area contributed by atoms with Gasteiger partial charge in [0.25, 0.3) is 5.91 Å². The molecule has 2 heterocycles. The number of hydrogen-bond acceptors (Lipinski definition) is 6. The smallest absolute Gasteiger partial charge is 0.416 e. The molecule has 0 N–H and O–H groups in total. The number of fused-ring (bicyclic) bond motifs is 1. The van der Waals surface area contributed by atoms with E-state index in [2.05, 4.69) is 0 Å². The van der Waals surface area contributed by atoms with Gasteiger partial charge in [-0.15, -0.1) is 0 Å². The zero-order chi connectivity index (χ0) is 26.5. The minimum absolute atomic E-state index is 0.194. The van der Waals surface area contributed by atoms with E-state index in [-0.39, 0.29) is 11.3 Å². The molecule has 0 aromatic heterocycles. The van der Waals surface area contributed by atoms with Crippen molar-refractivity contribution in [3.63, 3.8) is 0 Å². The molecule has 0 bridgehead atoms. The van der Waals surface area contributed by atoms with E-state index in [1.165, 1.54) is 30.4 Å². The van der Waals surface area contributed by atoms with Gasteiger partial charge in [0.1, 0.15) is 5.92 Å². The van der Waals surface area contributed by atoms with Gasteiger partial charge < -0.3 is 4.74 Å². The van der Waals surface area contributed by atoms with Crippen molar-refractivity contribution in [1.29, 1.82) is 0 Å². The highest BCUT2D eigenvalue weighted by Gasteiger charge is 2.60. The lowest BCUT2D eigenvalue weighted by Crippen LogP contribution is -2.37. The number of amides is 2. The summed E-state index contributed by atoms with van der Waals surface area (Å²) in [5.41, 5.74) is 0.148. The molecule has 3 unspecified atom stereocenters. The lowest BCUT2D eigenvalue weighted by molar-refractivity contribution is -0.137. The highest BCUT2D eigenvalue weighted by molar-refractivity contribution is 6.30. The molecule has 3 aromatic carbocycles. The Morgan fingerprint density at radius 2 is 1.62 bits per heavy atom. The summed E-state index contributed by atoms with van der Waals surface area (Å²) >= 11 is 6.01. The summed E-state index contributed by atoms with van der Waals surface area (Å²) in [5, 5.41) is 1.88. The maximum absolute atomic E-state index is 13.6. The second kappa shape index (κ2) is 9.20. The predicted octanol–water partition coefficient (Wildman–Crippen LogP) is 5.20. The van der Waals surface area contributed by atoms with E-state index in [1.807, 2.05) is 0 Å². The van der Waals surface area contributed by atoms with Crippen molar-refractivity contribution in [3.05, 3.63) is 94.5 Å². The Balaban J connectivity index is 1.56. The van der Waals surface area contributed by atoms with Crippen molar-refractivity contribution in [3.8, 4) is 0 Å². The van der Waals surface area contributed by atoms with Crippen LogP contribution in [0.5, 0.6) is 0 Å². The van der Waals surface area contributed by atoms with Crippen LogP contribution in [0.15, 0.2) is 72.8 Å². The normalized spacial score (nSPS) is 21.4. The van der Waals surface area contributed by atoms with E-state index in [4.69, 9.17) is 21.2 Å². The summed E-state index contributed by atoms with van der Waals surface area (Å²) in [5.74, 6) is -3.10. The van der Waals surface area contributed by atoms with E-state index in [9.17, 15) is 27.6 Å². The number of hydroxylamine groups is 1. The average molecular weight is 531 g/mol. The fourth-order valence-electron chi connectivity index (χ4n) is 4.58. The molecule has 2 aliphatic heterocycles. The van der Waals surface area contributed by atoms with Crippen molar-refractivity contribution >= 4 is 40.8 Å². The summed E-state index contributed by atoms with van der Waals surface area (Å²) in [6, 6.07) is 16.0. The topological polar surface area (TPSA) is 76.2 Å². The molecule has 2 fully saturated rings. The van der Waals surface area contributed by atoms with Crippen LogP contribution in [-0.2, 0) is 25.3 Å². The number of nitrogens with zero attached hydrogens (tertiary/aromatic N) is 2. The quantitative estimate of drug-likeness (QED) is 0.341. The van der Waals surface area contributed by atoms with Crippen molar-refractivity contribution in [2.24, 2.45) is 5.92 Å². The minimum Gasteiger partial charge on any atom is -0.465 e. The maximum atomic E-state index is 13.6. The van der Waals surface area contributed by atoms with Crippen molar-refractivity contribution in [2.45, 2.75) is 18.3 Å². The Morgan fingerprint density at radius 3 is 2.24 bits per heavy atom. The molecule has 190 valence electrons. The number of imide groups is 1. The zero-order valence-electron chi connectivity index (χ0n) is 19.1. The standard InChI is InChI=1S/C26H18ClF3N2O5/c1-36-25(35)15-7-5-14(6-8-15)21-20-22(37-32(21)18-11-9-17(27)10-12-18)24(34)31(23(20)33)19-4-2-3-16(13-19)26(28,29)30/h2-13,20-22H,1H3. The molecule has 0 radical (unpaired) electrons. The summed E-state index contributed by atoms with van der Waals surface area (Å²) in [6.07, 6.45) is -5.92. The lowest BCUT2D eigenvalue weighted by atomic mass is 9.90. The van der Waals surface area contributed by atoms with E-state index >= 15 is 0 Å². The van der Waals surface area contributed by atoms with Gasteiger partial charge >= 0.3 is 12.1 Å². The first-order valence-electron chi connectivity index (χ1n) is 11.0. The number of esters is 1. The fraction of sp³-hybridized carbons (Fsp3) is 0.192. The lowest BCUT2D eigenvalue weighted by Gasteiger charge is -2.29. The Kier molecular flexibility index (Phi) is 6.17. The molecule has 0 aliphatic carbocycles. The third-order valence-electron chi connectivity index (χ3n) is 6.30. The number of benzene rings is 3. The van der Waals surface area contributed by atoms with E-state index in [0.29, 0.717) is 16.3 Å². The van der Waals surface area contributed by atoms with Gasteiger partial charge in [-0.05, 0) is 60.2 Å². The molecular formula is C26H18ClF3N2O5. The molecule has 2 aliphatic rings. The number of methoxy groups -OCH3 is 1. The highest BCUT2D eigenvalue weighted by Crippen LogP contribution is 2.48. The highest BCUT2D eigenvalue weighted by atomic mass is 35.5. The van der Waals surface area contributed by atoms with Crippen LogP contribution >= 0.6 is 11.6 Å². The molecule has 3 atom stereocenters. The Labute approximate surface area is 213 Å². The van der Waals surface area contributed by atoms with Crippen LogP contribution in [0.25, 0.3) is 0 Å². The molecule has 37 heavy (non-hydrogen) atoms. The van der Waals surface area contributed by atoms with Gasteiger partial charge in [-0.1, -0.05) is 29.8 Å². The third-order valence-corrected chi connectivity index (χ3v) is 6.55. The number of carbonyl (C=O) groups is 3. The van der Waals surface area contributed by atoms with Crippen LogP contribution in [0.2, 0.25) is 5.02 Å². The van der Waals surface area contributed by atoms with E-state index < -0.39 is 47.6 Å². The number of carbonyl (C=O) groups excluding carboxylic acids is 3. The number of halogens is 4. The van der Waals surface area contributed by atoms with Crippen LogP contribution in [0, 0.1) is 5.92 Å². The van der Waals surface area contributed by atoms with Crippen molar-refractivity contribution < 1.29 is 37.1 Å². The van der Waals surface area contributed by atoms with Crippen LogP contribution in [0.4, 0.5) is 24.5 Å². The molecule has 11 heteroatoms. The summed E-state index contributed by atoms with van der Waals surface area (Å²) in [4.78, 5) is 45.5. The van der Waals surface area contributed by atoms with Gasteiger partial charge in [-0.3, -0.25) is 14.4 Å². The molecular weight excluding hydrogens is 513 g/mol. The maximum Gasteiger partial charge on any atom is 0.416 e.